The predicted octanol–water partition coefficient (Wildman–Crippen LogP) is 4.45. The standard InChI is InChI=1S/C22H22ClF3N2O4/c23-15-6-3-5-14(22(24,25)26)18(15)20(30)19-12-4-1-2-7-16(12)28(27-19)11-8-9-13(21(31)32)17(29)10-11/h3,5-6,11,13,17,29H,1-2,4,7-10H2,(H,31,32). The smallest absolute Gasteiger partial charge is 0.417 e. The average molecular weight is 471 g/mol. The van der Waals surface area contributed by atoms with Crippen LogP contribution in [0.3, 0.4) is 0 Å². The predicted molar refractivity (Wildman–Crippen MR) is 109 cm³/mol. The van der Waals surface area contributed by atoms with Crippen molar-refractivity contribution in [1.82, 2.24) is 9.78 Å². The third kappa shape index (κ3) is 4.03. The number of aliphatic carboxylic acids is 1. The van der Waals surface area contributed by atoms with Gasteiger partial charge in [-0.25, -0.2) is 0 Å². The van der Waals surface area contributed by atoms with Crippen LogP contribution in [0.15, 0.2) is 18.2 Å². The molecular formula is C22H22ClF3N2O4. The zero-order chi connectivity index (χ0) is 23.2. The molecule has 1 fully saturated rings. The number of carboxylic acid groups (broad SMARTS) is 1. The van der Waals surface area contributed by atoms with Gasteiger partial charge in [0.25, 0.3) is 0 Å². The summed E-state index contributed by atoms with van der Waals surface area (Å²) < 4.78 is 42.3. The molecule has 3 unspecified atom stereocenters. The summed E-state index contributed by atoms with van der Waals surface area (Å²) in [6, 6.07) is 2.89. The van der Waals surface area contributed by atoms with Crippen LogP contribution < -0.4 is 0 Å². The topological polar surface area (TPSA) is 92.4 Å². The van der Waals surface area contributed by atoms with Crippen LogP contribution in [0.2, 0.25) is 5.02 Å². The van der Waals surface area contributed by atoms with Gasteiger partial charge < -0.3 is 10.2 Å². The van der Waals surface area contributed by atoms with Crippen molar-refractivity contribution in [3.63, 3.8) is 0 Å². The van der Waals surface area contributed by atoms with E-state index >= 15 is 0 Å². The van der Waals surface area contributed by atoms with E-state index in [1.807, 2.05) is 0 Å². The molecule has 1 saturated carbocycles. The first-order chi connectivity index (χ1) is 15.1. The fourth-order valence-electron chi connectivity index (χ4n) is 4.86. The molecule has 1 heterocycles. The largest absolute Gasteiger partial charge is 0.481 e. The summed E-state index contributed by atoms with van der Waals surface area (Å²) in [7, 11) is 0. The van der Waals surface area contributed by atoms with Crippen molar-refractivity contribution in [2.45, 2.75) is 63.3 Å². The van der Waals surface area contributed by atoms with E-state index in [9.17, 15) is 33.0 Å². The quantitative estimate of drug-likeness (QED) is 0.644. The van der Waals surface area contributed by atoms with Gasteiger partial charge in [0.2, 0.25) is 5.78 Å². The normalized spacial score (nSPS) is 23.6. The molecule has 2 aliphatic carbocycles. The number of alkyl halides is 3. The molecule has 0 saturated heterocycles. The number of aliphatic hydroxyl groups is 1. The summed E-state index contributed by atoms with van der Waals surface area (Å²) >= 11 is 6.04. The first-order valence-corrected chi connectivity index (χ1v) is 10.9. The molecule has 3 atom stereocenters. The summed E-state index contributed by atoms with van der Waals surface area (Å²) in [6.07, 6.45) is -2.22. The highest BCUT2D eigenvalue weighted by atomic mass is 35.5. The maximum Gasteiger partial charge on any atom is 0.417 e. The van der Waals surface area contributed by atoms with Gasteiger partial charge in [-0.1, -0.05) is 17.7 Å². The highest BCUT2D eigenvalue weighted by molar-refractivity contribution is 6.35. The van der Waals surface area contributed by atoms with Gasteiger partial charge >= 0.3 is 12.1 Å². The highest BCUT2D eigenvalue weighted by Gasteiger charge is 2.40. The minimum atomic E-state index is -4.75. The van der Waals surface area contributed by atoms with Gasteiger partial charge in [0.15, 0.2) is 0 Å². The van der Waals surface area contributed by atoms with Gasteiger partial charge in [0.1, 0.15) is 5.69 Å². The Labute approximate surface area is 187 Å². The number of ketones is 1. The van der Waals surface area contributed by atoms with Gasteiger partial charge in [0.05, 0.1) is 34.2 Å². The molecule has 2 aliphatic rings. The Morgan fingerprint density at radius 2 is 1.88 bits per heavy atom. The number of benzene rings is 1. The van der Waals surface area contributed by atoms with E-state index in [4.69, 9.17) is 11.6 Å². The van der Waals surface area contributed by atoms with Gasteiger partial charge in [-0.15, -0.1) is 0 Å². The van der Waals surface area contributed by atoms with Crippen LogP contribution >= 0.6 is 11.6 Å². The Balaban J connectivity index is 1.76. The second-order valence-electron chi connectivity index (χ2n) is 8.39. The van der Waals surface area contributed by atoms with Gasteiger partial charge in [-0.05, 0) is 57.1 Å². The molecule has 6 nitrogen and oxygen atoms in total. The molecular weight excluding hydrogens is 449 g/mol. The average Bonchev–Trinajstić information content (AvgIpc) is 3.12. The van der Waals surface area contributed by atoms with Crippen molar-refractivity contribution in [2.75, 3.05) is 0 Å². The summed E-state index contributed by atoms with van der Waals surface area (Å²) in [5.74, 6) is -2.80. The summed E-state index contributed by atoms with van der Waals surface area (Å²) in [4.78, 5) is 24.6. The van der Waals surface area contributed by atoms with Crippen molar-refractivity contribution in [3.8, 4) is 0 Å². The van der Waals surface area contributed by atoms with E-state index in [0.717, 1.165) is 30.7 Å². The maximum atomic E-state index is 13.6. The number of hydrogen-bond donors (Lipinski definition) is 2. The van der Waals surface area contributed by atoms with Crippen molar-refractivity contribution in [1.29, 1.82) is 0 Å². The van der Waals surface area contributed by atoms with Gasteiger partial charge in [0, 0.05) is 11.3 Å². The summed E-state index contributed by atoms with van der Waals surface area (Å²) in [5.41, 5.74) is -0.385. The third-order valence-electron chi connectivity index (χ3n) is 6.42. The molecule has 0 bridgehead atoms. The van der Waals surface area contributed by atoms with E-state index < -0.39 is 41.1 Å². The summed E-state index contributed by atoms with van der Waals surface area (Å²) in [6.45, 7) is 0. The lowest BCUT2D eigenvalue weighted by Crippen LogP contribution is -2.36. The lowest BCUT2D eigenvalue weighted by Gasteiger charge is -2.32. The van der Waals surface area contributed by atoms with Crippen LogP contribution in [0.5, 0.6) is 0 Å². The van der Waals surface area contributed by atoms with Crippen molar-refractivity contribution in [3.05, 3.63) is 51.3 Å². The van der Waals surface area contributed by atoms with Crippen LogP contribution in [0.25, 0.3) is 0 Å². The number of carbonyl (C=O) groups excluding carboxylic acids is 1. The van der Waals surface area contributed by atoms with Crippen molar-refractivity contribution in [2.24, 2.45) is 5.92 Å². The number of fused-ring (bicyclic) bond motifs is 1. The minimum absolute atomic E-state index is 0.0480. The Kier molecular flexibility index (Phi) is 6.06. The van der Waals surface area contributed by atoms with E-state index in [0.29, 0.717) is 24.8 Å². The van der Waals surface area contributed by atoms with Crippen LogP contribution in [0, 0.1) is 5.92 Å². The fourth-order valence-corrected chi connectivity index (χ4v) is 5.12. The van der Waals surface area contributed by atoms with Crippen molar-refractivity contribution >= 4 is 23.4 Å². The fraction of sp³-hybridized carbons (Fsp3) is 0.500. The molecule has 0 radical (unpaired) electrons. The second kappa shape index (κ2) is 8.51. The molecule has 10 heteroatoms. The molecule has 32 heavy (non-hydrogen) atoms. The van der Waals surface area contributed by atoms with E-state index in [1.54, 1.807) is 4.68 Å². The van der Waals surface area contributed by atoms with E-state index in [1.165, 1.54) is 6.07 Å². The second-order valence-corrected chi connectivity index (χ2v) is 8.80. The van der Waals surface area contributed by atoms with Crippen LogP contribution in [-0.2, 0) is 23.8 Å². The van der Waals surface area contributed by atoms with Crippen LogP contribution in [0.4, 0.5) is 13.2 Å². The monoisotopic (exact) mass is 470 g/mol. The molecule has 0 aliphatic heterocycles. The first-order valence-electron chi connectivity index (χ1n) is 10.5. The lowest BCUT2D eigenvalue weighted by atomic mass is 9.83. The molecule has 0 spiro atoms. The first kappa shape index (κ1) is 22.8. The lowest BCUT2D eigenvalue weighted by molar-refractivity contribution is -0.148. The Morgan fingerprint density at radius 3 is 2.53 bits per heavy atom. The summed E-state index contributed by atoms with van der Waals surface area (Å²) in [5, 5.41) is 23.7. The van der Waals surface area contributed by atoms with E-state index in [2.05, 4.69) is 5.10 Å². The Hall–Kier alpha value is -2.39. The Bertz CT molecular complexity index is 1070. The number of halogens is 4. The number of carboxylic acids is 1. The molecule has 4 rings (SSSR count). The maximum absolute atomic E-state index is 13.6. The SMILES string of the molecule is O=C(c1nn(C2CCC(C(=O)O)C(O)C2)c2c1CCCC2)c1c(Cl)cccc1C(F)(F)F. The third-order valence-corrected chi connectivity index (χ3v) is 6.74. The van der Waals surface area contributed by atoms with Crippen LogP contribution in [0.1, 0.15) is 71.0 Å². The van der Waals surface area contributed by atoms with Gasteiger partial charge in [-0.2, -0.15) is 18.3 Å². The molecule has 1 aromatic carbocycles. The highest BCUT2D eigenvalue weighted by Crippen LogP contribution is 2.39. The number of carbonyl (C=O) groups is 2. The zero-order valence-electron chi connectivity index (χ0n) is 17.0. The van der Waals surface area contributed by atoms with Gasteiger partial charge in [-0.3, -0.25) is 14.3 Å². The number of nitrogens with zero attached hydrogens (tertiary/aromatic N) is 2. The molecule has 172 valence electrons. The molecule has 0 amide bonds. The number of aromatic nitrogens is 2. The Morgan fingerprint density at radius 1 is 1.16 bits per heavy atom. The zero-order valence-corrected chi connectivity index (χ0v) is 17.8. The number of aliphatic hydroxyl groups excluding tert-OH is 1. The van der Waals surface area contributed by atoms with E-state index in [-0.39, 0.29) is 29.6 Å². The molecule has 1 aromatic heterocycles. The number of hydrogen-bond acceptors (Lipinski definition) is 4. The molecule has 2 N–H and O–H groups in total. The minimum Gasteiger partial charge on any atom is -0.481 e. The number of rotatable bonds is 4. The van der Waals surface area contributed by atoms with Crippen molar-refractivity contribution < 1.29 is 33.0 Å². The molecule has 2 aromatic rings. The van der Waals surface area contributed by atoms with Crippen LogP contribution in [-0.4, -0.2) is 37.9 Å².